The number of carbonyl (C=O) groups excluding carboxylic acids is 2. The number of amides is 1. The number of hydrogen-bond donors (Lipinski definition) is 1. The van der Waals surface area contributed by atoms with Crippen LogP contribution in [0.2, 0.25) is 0 Å². The highest BCUT2D eigenvalue weighted by Crippen LogP contribution is 2.27. The van der Waals surface area contributed by atoms with Crippen molar-refractivity contribution in [2.75, 3.05) is 26.8 Å². The van der Waals surface area contributed by atoms with Gasteiger partial charge >= 0.3 is 5.97 Å². The van der Waals surface area contributed by atoms with Gasteiger partial charge in [-0.05, 0) is 11.1 Å². The van der Waals surface area contributed by atoms with E-state index in [0.29, 0.717) is 26.2 Å². The van der Waals surface area contributed by atoms with Gasteiger partial charge in [0.05, 0.1) is 6.61 Å². The molecule has 0 atom stereocenters. The summed E-state index contributed by atoms with van der Waals surface area (Å²) in [6, 6.07) is 18.4. The molecular weight excluding hydrogens is 424 g/mol. The Labute approximate surface area is 190 Å². The monoisotopic (exact) mass is 448 g/mol. The van der Waals surface area contributed by atoms with Gasteiger partial charge in [0.25, 0.3) is 5.91 Å². The van der Waals surface area contributed by atoms with Crippen molar-refractivity contribution in [3.05, 3.63) is 99.5 Å². The van der Waals surface area contributed by atoms with Crippen LogP contribution in [0.4, 0.5) is 0 Å². The van der Waals surface area contributed by atoms with E-state index in [1.54, 1.807) is 0 Å². The van der Waals surface area contributed by atoms with Crippen molar-refractivity contribution < 1.29 is 24.2 Å². The van der Waals surface area contributed by atoms with E-state index in [9.17, 15) is 19.5 Å². The van der Waals surface area contributed by atoms with E-state index < -0.39 is 29.2 Å². The van der Waals surface area contributed by atoms with Crippen LogP contribution in [0, 0.1) is 0 Å². The number of ether oxygens (including phenoxy) is 2. The molecule has 8 nitrogen and oxygen atoms in total. The molecule has 0 fully saturated rings. The van der Waals surface area contributed by atoms with Crippen molar-refractivity contribution in [2.24, 2.45) is 0 Å². The number of carbonyl (C=O) groups is 2. The minimum Gasteiger partial charge on any atom is -0.503 e. The van der Waals surface area contributed by atoms with Crippen molar-refractivity contribution in [3.63, 3.8) is 0 Å². The van der Waals surface area contributed by atoms with E-state index in [2.05, 4.69) is 0 Å². The summed E-state index contributed by atoms with van der Waals surface area (Å²) in [6.45, 7) is 1.35. The van der Waals surface area contributed by atoms with Crippen LogP contribution in [0.15, 0.2) is 71.7 Å². The van der Waals surface area contributed by atoms with Crippen LogP contribution in [0.25, 0.3) is 0 Å². The summed E-state index contributed by atoms with van der Waals surface area (Å²) in [5, 5.41) is 10.5. The van der Waals surface area contributed by atoms with Crippen molar-refractivity contribution in [3.8, 4) is 5.75 Å². The van der Waals surface area contributed by atoms with E-state index in [0.717, 1.165) is 11.1 Å². The summed E-state index contributed by atoms with van der Waals surface area (Å²) >= 11 is 0. The van der Waals surface area contributed by atoms with Gasteiger partial charge in [0.2, 0.25) is 5.43 Å². The van der Waals surface area contributed by atoms with Gasteiger partial charge < -0.3 is 24.0 Å². The molecule has 4 rings (SSSR count). The summed E-state index contributed by atoms with van der Waals surface area (Å²) in [5.74, 6) is -2.12. The molecule has 170 valence electrons. The van der Waals surface area contributed by atoms with Crippen LogP contribution >= 0.6 is 0 Å². The van der Waals surface area contributed by atoms with Crippen molar-refractivity contribution >= 4 is 11.9 Å². The number of aromatic hydroxyl groups is 1. The molecule has 2 aromatic carbocycles. The normalized spacial score (nSPS) is 13.2. The molecule has 3 aromatic rings. The Hall–Kier alpha value is -3.91. The van der Waals surface area contributed by atoms with Crippen LogP contribution in [0.5, 0.6) is 5.75 Å². The summed E-state index contributed by atoms with van der Waals surface area (Å²) in [5.41, 5.74) is 0.0764. The predicted octanol–water partition coefficient (Wildman–Crippen LogP) is 2.60. The Morgan fingerprint density at radius 2 is 1.61 bits per heavy atom. The Balaban J connectivity index is 1.67. The maximum Gasteiger partial charge on any atom is 0.344 e. The molecular formula is C25H24N2O6. The second-order valence-electron chi connectivity index (χ2n) is 7.65. The lowest BCUT2D eigenvalue weighted by Crippen LogP contribution is -2.43. The maximum absolute atomic E-state index is 13.1. The van der Waals surface area contributed by atoms with Gasteiger partial charge in [-0.3, -0.25) is 9.59 Å². The zero-order chi connectivity index (χ0) is 23.4. The molecule has 1 N–H and O–H groups in total. The van der Waals surface area contributed by atoms with Crippen LogP contribution in [0.3, 0.4) is 0 Å². The van der Waals surface area contributed by atoms with Crippen molar-refractivity contribution in [1.82, 2.24) is 9.47 Å². The van der Waals surface area contributed by atoms with Gasteiger partial charge in [0.15, 0.2) is 17.5 Å². The average molecular weight is 448 g/mol. The molecule has 1 aromatic heterocycles. The first-order chi connectivity index (χ1) is 16.0. The topological polar surface area (TPSA) is 98.1 Å². The smallest absolute Gasteiger partial charge is 0.344 e. The first kappa shape index (κ1) is 22.3. The van der Waals surface area contributed by atoms with Crippen LogP contribution in [-0.2, 0) is 16.0 Å². The molecule has 0 unspecified atom stereocenters. The third-order valence-electron chi connectivity index (χ3n) is 5.57. The number of pyridine rings is 1. The number of nitrogens with zero attached hydrogens (tertiary/aromatic N) is 2. The third kappa shape index (κ3) is 4.51. The van der Waals surface area contributed by atoms with Gasteiger partial charge in [0, 0.05) is 32.9 Å². The highest BCUT2D eigenvalue weighted by Gasteiger charge is 2.31. The molecule has 1 aliphatic rings. The molecule has 0 aliphatic carbocycles. The molecule has 0 saturated carbocycles. The number of aromatic nitrogens is 1. The number of hydrogen-bond acceptors (Lipinski definition) is 6. The maximum atomic E-state index is 13.1. The number of fused-ring (bicyclic) bond motifs is 1. The van der Waals surface area contributed by atoms with E-state index in [4.69, 9.17) is 9.47 Å². The fourth-order valence-electron chi connectivity index (χ4n) is 3.85. The number of esters is 1. The second-order valence-corrected chi connectivity index (χ2v) is 7.65. The van der Waals surface area contributed by atoms with E-state index >= 15 is 0 Å². The van der Waals surface area contributed by atoms with Gasteiger partial charge in [-0.25, -0.2) is 4.79 Å². The average Bonchev–Trinajstić information content (AvgIpc) is 2.85. The number of benzene rings is 2. The van der Waals surface area contributed by atoms with Crippen LogP contribution in [0.1, 0.15) is 38.1 Å². The van der Waals surface area contributed by atoms with E-state index in [1.807, 2.05) is 60.7 Å². The molecule has 1 amide bonds. The summed E-state index contributed by atoms with van der Waals surface area (Å²) < 4.78 is 12.2. The SMILES string of the molecule is COCCN1CCn2cc(C(=O)OC(c3ccccc3)c3ccccc3)c(=O)c(O)c2C1=O. The zero-order valence-corrected chi connectivity index (χ0v) is 18.1. The lowest BCUT2D eigenvalue weighted by molar-refractivity contribution is 0.0372. The second kappa shape index (κ2) is 9.70. The van der Waals surface area contributed by atoms with Crippen molar-refractivity contribution in [1.29, 1.82) is 0 Å². The summed E-state index contributed by atoms with van der Waals surface area (Å²) in [4.78, 5) is 40.2. The third-order valence-corrected chi connectivity index (χ3v) is 5.57. The quantitative estimate of drug-likeness (QED) is 0.558. The molecule has 0 spiro atoms. The Bertz CT molecular complexity index is 1170. The Morgan fingerprint density at radius 1 is 1.00 bits per heavy atom. The number of methoxy groups -OCH3 is 1. The molecule has 1 aliphatic heterocycles. The fourth-order valence-corrected chi connectivity index (χ4v) is 3.85. The van der Waals surface area contributed by atoms with Gasteiger partial charge in [-0.2, -0.15) is 0 Å². The summed E-state index contributed by atoms with van der Waals surface area (Å²) in [6.07, 6.45) is 0.548. The standard InChI is InChI=1S/C25H24N2O6/c1-32-15-14-26-12-13-27-16-19(21(28)22(29)20(27)24(26)30)25(31)33-23(17-8-4-2-5-9-17)18-10-6-3-7-11-18/h2-11,16,23,29H,12-15H2,1H3. The highest BCUT2D eigenvalue weighted by molar-refractivity contribution is 5.97. The van der Waals surface area contributed by atoms with Gasteiger partial charge in [-0.15, -0.1) is 0 Å². The summed E-state index contributed by atoms with van der Waals surface area (Å²) in [7, 11) is 1.53. The lowest BCUT2D eigenvalue weighted by atomic mass is 10.0. The van der Waals surface area contributed by atoms with Crippen molar-refractivity contribution in [2.45, 2.75) is 12.6 Å². The minimum absolute atomic E-state index is 0.137. The van der Waals surface area contributed by atoms with Crippen LogP contribution < -0.4 is 5.43 Å². The first-order valence-corrected chi connectivity index (χ1v) is 10.6. The zero-order valence-electron chi connectivity index (χ0n) is 18.1. The molecule has 0 bridgehead atoms. The lowest BCUT2D eigenvalue weighted by Gasteiger charge is -2.30. The molecule has 0 radical (unpaired) electrons. The Morgan fingerprint density at radius 3 is 2.18 bits per heavy atom. The molecule has 2 heterocycles. The number of rotatable bonds is 7. The van der Waals surface area contributed by atoms with Gasteiger partial charge in [-0.1, -0.05) is 60.7 Å². The fraction of sp³-hybridized carbons (Fsp3) is 0.240. The minimum atomic E-state index is -0.937. The predicted molar refractivity (Wildman–Crippen MR) is 120 cm³/mol. The van der Waals surface area contributed by atoms with E-state index in [1.165, 1.54) is 22.8 Å². The van der Waals surface area contributed by atoms with Crippen LogP contribution in [-0.4, -0.2) is 53.3 Å². The molecule has 8 heteroatoms. The van der Waals surface area contributed by atoms with E-state index in [-0.39, 0.29) is 11.3 Å². The highest BCUT2D eigenvalue weighted by atomic mass is 16.5. The molecule has 0 saturated heterocycles. The van der Waals surface area contributed by atoms with Gasteiger partial charge in [0.1, 0.15) is 5.56 Å². The largest absolute Gasteiger partial charge is 0.503 e. The molecule has 33 heavy (non-hydrogen) atoms. The Kier molecular flexibility index (Phi) is 6.55. The first-order valence-electron chi connectivity index (χ1n) is 10.6.